The zero-order valence-corrected chi connectivity index (χ0v) is 15.5. The molecule has 5 heteroatoms. The number of β-amino-alcohol motifs (C(OH)–C–C–N with tert-alkyl or cyclic N) is 1. The number of aliphatic hydroxyl groups is 1. The van der Waals surface area contributed by atoms with Crippen LogP contribution in [0.2, 0.25) is 5.02 Å². The second kappa shape index (κ2) is 8.22. The standard InChI is InChI=1S/C19H27ClN2O2/c1-5-19(3,4)24-14-17(23)13-21-8-10-22(11-9-21)18-12-16(20)7-6-15(18)2/h1,6-7,12,17,23H,8-11,13-14H2,2-4H3/t17-/m0/s1. The normalized spacial score (nSPS) is 17.6. The van der Waals surface area contributed by atoms with Crippen LogP contribution in [0.15, 0.2) is 18.2 Å². The lowest BCUT2D eigenvalue weighted by atomic mass is 10.1. The van der Waals surface area contributed by atoms with Crippen molar-refractivity contribution in [3.05, 3.63) is 28.8 Å². The Morgan fingerprint density at radius 2 is 2.00 bits per heavy atom. The predicted octanol–water partition coefficient (Wildman–Crippen LogP) is 2.56. The molecule has 1 atom stereocenters. The van der Waals surface area contributed by atoms with Gasteiger partial charge in [0.25, 0.3) is 0 Å². The van der Waals surface area contributed by atoms with Gasteiger partial charge < -0.3 is 14.7 Å². The number of ether oxygens (including phenoxy) is 1. The Kier molecular flexibility index (Phi) is 6.54. The van der Waals surface area contributed by atoms with Gasteiger partial charge in [0, 0.05) is 43.4 Å². The van der Waals surface area contributed by atoms with E-state index in [2.05, 4.69) is 28.7 Å². The quantitative estimate of drug-likeness (QED) is 0.800. The monoisotopic (exact) mass is 350 g/mol. The molecular weight excluding hydrogens is 324 g/mol. The summed E-state index contributed by atoms with van der Waals surface area (Å²) in [6.45, 7) is 10.3. The summed E-state index contributed by atoms with van der Waals surface area (Å²) >= 11 is 6.12. The highest BCUT2D eigenvalue weighted by Crippen LogP contribution is 2.25. The number of terminal acetylenes is 1. The first-order valence-corrected chi connectivity index (χ1v) is 8.72. The molecular formula is C19H27ClN2O2. The number of piperazine rings is 1. The molecule has 1 aliphatic heterocycles. The molecule has 0 bridgehead atoms. The van der Waals surface area contributed by atoms with Gasteiger partial charge in [-0.1, -0.05) is 23.6 Å². The fraction of sp³-hybridized carbons (Fsp3) is 0.579. The summed E-state index contributed by atoms with van der Waals surface area (Å²) in [6, 6.07) is 6.00. The van der Waals surface area contributed by atoms with Crippen molar-refractivity contribution in [1.29, 1.82) is 0 Å². The minimum atomic E-state index is -0.635. The third-order valence-electron chi connectivity index (χ3n) is 4.34. The average Bonchev–Trinajstić information content (AvgIpc) is 2.56. The Bertz CT molecular complexity index is 590. The van der Waals surface area contributed by atoms with E-state index in [1.165, 1.54) is 11.3 Å². The fourth-order valence-corrected chi connectivity index (χ4v) is 2.96. The van der Waals surface area contributed by atoms with Gasteiger partial charge in [-0.25, -0.2) is 0 Å². The number of halogens is 1. The van der Waals surface area contributed by atoms with Gasteiger partial charge in [0.2, 0.25) is 0 Å². The third kappa shape index (κ3) is 5.39. The second-order valence-corrected chi connectivity index (χ2v) is 7.27. The molecule has 1 saturated heterocycles. The van der Waals surface area contributed by atoms with Crippen LogP contribution in [0.1, 0.15) is 19.4 Å². The minimum Gasteiger partial charge on any atom is -0.389 e. The lowest BCUT2D eigenvalue weighted by Crippen LogP contribution is -2.49. The third-order valence-corrected chi connectivity index (χ3v) is 4.57. The molecule has 132 valence electrons. The summed E-state index contributed by atoms with van der Waals surface area (Å²) in [5, 5.41) is 10.9. The summed E-state index contributed by atoms with van der Waals surface area (Å²) in [5.41, 5.74) is 1.80. The molecule has 0 amide bonds. The van der Waals surface area contributed by atoms with Crippen molar-refractivity contribution in [3.63, 3.8) is 0 Å². The first kappa shape index (κ1) is 19.1. The van der Waals surface area contributed by atoms with Crippen LogP contribution in [0.25, 0.3) is 0 Å². The van der Waals surface area contributed by atoms with E-state index in [-0.39, 0.29) is 6.61 Å². The van der Waals surface area contributed by atoms with E-state index in [9.17, 15) is 5.11 Å². The highest BCUT2D eigenvalue weighted by atomic mass is 35.5. The molecule has 1 fully saturated rings. The molecule has 1 heterocycles. The van der Waals surface area contributed by atoms with Crippen LogP contribution >= 0.6 is 11.6 Å². The maximum atomic E-state index is 10.2. The minimum absolute atomic E-state index is 0.255. The van der Waals surface area contributed by atoms with Crippen LogP contribution in [0.5, 0.6) is 0 Å². The van der Waals surface area contributed by atoms with Gasteiger partial charge >= 0.3 is 0 Å². The largest absolute Gasteiger partial charge is 0.389 e. The number of aryl methyl sites for hydroxylation is 1. The van der Waals surface area contributed by atoms with Gasteiger partial charge in [-0.15, -0.1) is 6.42 Å². The summed E-state index contributed by atoms with van der Waals surface area (Å²) in [4.78, 5) is 4.61. The SMILES string of the molecule is C#CC(C)(C)OC[C@@H](O)CN1CCN(c2cc(Cl)ccc2C)CC1. The topological polar surface area (TPSA) is 35.9 Å². The van der Waals surface area contributed by atoms with Crippen molar-refractivity contribution in [2.45, 2.75) is 32.5 Å². The Hall–Kier alpha value is -1.25. The molecule has 1 aromatic carbocycles. The smallest absolute Gasteiger partial charge is 0.122 e. The van der Waals surface area contributed by atoms with E-state index in [1.54, 1.807) is 0 Å². The van der Waals surface area contributed by atoms with Gasteiger partial charge in [-0.3, -0.25) is 4.90 Å². The van der Waals surface area contributed by atoms with E-state index in [0.717, 1.165) is 31.2 Å². The van der Waals surface area contributed by atoms with Crippen LogP contribution in [0, 0.1) is 19.3 Å². The van der Waals surface area contributed by atoms with Crippen molar-refractivity contribution < 1.29 is 9.84 Å². The van der Waals surface area contributed by atoms with Gasteiger partial charge in [0.05, 0.1) is 12.7 Å². The van der Waals surface area contributed by atoms with E-state index >= 15 is 0 Å². The molecule has 0 unspecified atom stereocenters. The van der Waals surface area contributed by atoms with Crippen LogP contribution in [-0.2, 0) is 4.74 Å². The summed E-state index contributed by atoms with van der Waals surface area (Å²) in [6.07, 6.45) is 4.86. The van der Waals surface area contributed by atoms with Gasteiger partial charge in [-0.2, -0.15) is 0 Å². The molecule has 0 aliphatic carbocycles. The Balaban J connectivity index is 1.80. The Morgan fingerprint density at radius 1 is 1.33 bits per heavy atom. The number of hydrogen-bond donors (Lipinski definition) is 1. The Morgan fingerprint density at radius 3 is 2.62 bits per heavy atom. The van der Waals surface area contributed by atoms with E-state index in [4.69, 9.17) is 22.8 Å². The van der Waals surface area contributed by atoms with Crippen molar-refractivity contribution in [2.75, 3.05) is 44.2 Å². The number of rotatable bonds is 6. The number of hydrogen-bond acceptors (Lipinski definition) is 4. The van der Waals surface area contributed by atoms with Crippen LogP contribution < -0.4 is 4.90 Å². The highest BCUT2D eigenvalue weighted by molar-refractivity contribution is 6.30. The van der Waals surface area contributed by atoms with Crippen molar-refractivity contribution in [1.82, 2.24) is 4.90 Å². The molecule has 4 nitrogen and oxygen atoms in total. The van der Waals surface area contributed by atoms with Crippen molar-refractivity contribution in [3.8, 4) is 12.3 Å². The number of nitrogens with zero attached hydrogens (tertiary/aromatic N) is 2. The number of benzene rings is 1. The van der Waals surface area contributed by atoms with E-state index in [1.807, 2.05) is 26.0 Å². The molecule has 2 rings (SSSR count). The molecule has 0 aromatic heterocycles. The molecule has 1 N–H and O–H groups in total. The van der Waals surface area contributed by atoms with Gasteiger partial charge in [0.15, 0.2) is 0 Å². The molecule has 0 saturated carbocycles. The van der Waals surface area contributed by atoms with Crippen LogP contribution in [0.3, 0.4) is 0 Å². The van der Waals surface area contributed by atoms with Crippen molar-refractivity contribution >= 4 is 17.3 Å². The average molecular weight is 351 g/mol. The first-order chi connectivity index (χ1) is 11.3. The lowest BCUT2D eigenvalue weighted by Gasteiger charge is -2.37. The fourth-order valence-electron chi connectivity index (χ4n) is 2.79. The highest BCUT2D eigenvalue weighted by Gasteiger charge is 2.22. The zero-order chi connectivity index (χ0) is 17.7. The van der Waals surface area contributed by atoms with Gasteiger partial charge in [-0.05, 0) is 38.5 Å². The van der Waals surface area contributed by atoms with Crippen molar-refractivity contribution in [2.24, 2.45) is 0 Å². The lowest BCUT2D eigenvalue weighted by molar-refractivity contribution is -0.0376. The van der Waals surface area contributed by atoms with Crippen LogP contribution in [-0.4, -0.2) is 61.0 Å². The number of aliphatic hydroxyl groups excluding tert-OH is 1. The summed E-state index contributed by atoms with van der Waals surface area (Å²) < 4.78 is 5.56. The maximum Gasteiger partial charge on any atom is 0.122 e. The molecule has 1 aromatic rings. The second-order valence-electron chi connectivity index (χ2n) is 6.84. The molecule has 24 heavy (non-hydrogen) atoms. The first-order valence-electron chi connectivity index (χ1n) is 8.34. The predicted molar refractivity (Wildman–Crippen MR) is 99.7 cm³/mol. The Labute approximate surface area is 150 Å². The zero-order valence-electron chi connectivity index (χ0n) is 14.8. The summed E-state index contributed by atoms with van der Waals surface area (Å²) in [7, 11) is 0. The summed E-state index contributed by atoms with van der Waals surface area (Å²) in [5.74, 6) is 2.57. The number of anilines is 1. The van der Waals surface area contributed by atoms with Gasteiger partial charge in [0.1, 0.15) is 5.60 Å². The van der Waals surface area contributed by atoms with Crippen LogP contribution in [0.4, 0.5) is 5.69 Å². The molecule has 0 spiro atoms. The maximum absolute atomic E-state index is 10.2. The van der Waals surface area contributed by atoms with E-state index in [0.29, 0.717) is 6.54 Å². The molecule has 1 aliphatic rings. The van der Waals surface area contributed by atoms with E-state index < -0.39 is 11.7 Å². The molecule has 0 radical (unpaired) electrons.